The minimum absolute atomic E-state index is 0.224. The fourth-order valence-corrected chi connectivity index (χ4v) is 2.98. The molecule has 0 radical (unpaired) electrons. The molecule has 1 N–H and O–H groups in total. The predicted molar refractivity (Wildman–Crippen MR) is 80.9 cm³/mol. The van der Waals surface area contributed by atoms with Crippen molar-refractivity contribution < 1.29 is 13.5 Å². The molecule has 0 amide bonds. The summed E-state index contributed by atoms with van der Waals surface area (Å²) < 4.78 is 28.5. The Labute approximate surface area is 125 Å². The van der Waals surface area contributed by atoms with Crippen LogP contribution in [0.3, 0.4) is 0 Å². The average molecular weight is 297 g/mol. The third-order valence-corrected chi connectivity index (χ3v) is 4.14. The van der Waals surface area contributed by atoms with E-state index in [4.69, 9.17) is 0 Å². The molecule has 1 unspecified atom stereocenters. The van der Waals surface area contributed by atoms with Crippen LogP contribution in [0.2, 0.25) is 0 Å². The minimum atomic E-state index is -2.75. The number of rotatable bonds is 7. The first-order valence-electron chi connectivity index (χ1n) is 7.93. The van der Waals surface area contributed by atoms with Gasteiger partial charge in [-0.1, -0.05) is 31.4 Å². The molecule has 0 saturated heterocycles. The van der Waals surface area contributed by atoms with Gasteiger partial charge in [0, 0.05) is 12.1 Å². The fourth-order valence-electron chi connectivity index (χ4n) is 2.98. The van der Waals surface area contributed by atoms with Crippen LogP contribution < -0.4 is 10.1 Å². The molecule has 0 bridgehead atoms. The number of alkyl halides is 2. The molecule has 1 atom stereocenters. The van der Waals surface area contributed by atoms with Crippen molar-refractivity contribution in [2.24, 2.45) is 0 Å². The van der Waals surface area contributed by atoms with Crippen molar-refractivity contribution >= 4 is 0 Å². The minimum Gasteiger partial charge on any atom is -0.435 e. The normalized spacial score (nSPS) is 17.9. The largest absolute Gasteiger partial charge is 0.435 e. The van der Waals surface area contributed by atoms with E-state index in [2.05, 4.69) is 17.0 Å². The smallest absolute Gasteiger partial charge is 0.387 e. The van der Waals surface area contributed by atoms with Gasteiger partial charge in [0.1, 0.15) is 5.75 Å². The highest BCUT2D eigenvalue weighted by atomic mass is 19.3. The van der Waals surface area contributed by atoms with Crippen LogP contribution in [0.15, 0.2) is 24.3 Å². The maximum atomic E-state index is 12.1. The topological polar surface area (TPSA) is 21.3 Å². The SMILES string of the molecule is CC(CCc1ccc(OC(F)F)cc1)NC1CCCCC1. The molecule has 118 valence electrons. The molecule has 1 aliphatic carbocycles. The summed E-state index contributed by atoms with van der Waals surface area (Å²) in [5, 5.41) is 3.70. The van der Waals surface area contributed by atoms with Gasteiger partial charge in [0.05, 0.1) is 0 Å². The molecular weight excluding hydrogens is 272 g/mol. The van der Waals surface area contributed by atoms with E-state index in [0.29, 0.717) is 12.1 Å². The quantitative estimate of drug-likeness (QED) is 0.798. The van der Waals surface area contributed by atoms with Gasteiger partial charge in [-0.3, -0.25) is 0 Å². The maximum absolute atomic E-state index is 12.1. The van der Waals surface area contributed by atoms with Crippen molar-refractivity contribution in [3.63, 3.8) is 0 Å². The van der Waals surface area contributed by atoms with Crippen molar-refractivity contribution in [2.45, 2.75) is 70.6 Å². The first-order chi connectivity index (χ1) is 10.1. The van der Waals surface area contributed by atoms with E-state index < -0.39 is 6.61 Å². The van der Waals surface area contributed by atoms with E-state index in [9.17, 15) is 8.78 Å². The molecule has 1 aromatic carbocycles. The van der Waals surface area contributed by atoms with Gasteiger partial charge in [0.25, 0.3) is 0 Å². The third-order valence-electron chi connectivity index (χ3n) is 4.14. The van der Waals surface area contributed by atoms with Crippen LogP contribution in [0.25, 0.3) is 0 Å². The Morgan fingerprint density at radius 1 is 1.14 bits per heavy atom. The van der Waals surface area contributed by atoms with Crippen molar-refractivity contribution in [2.75, 3.05) is 0 Å². The van der Waals surface area contributed by atoms with E-state index >= 15 is 0 Å². The first kappa shape index (κ1) is 16.2. The number of ether oxygens (including phenoxy) is 1. The van der Waals surface area contributed by atoms with Crippen molar-refractivity contribution in [3.8, 4) is 5.75 Å². The number of hydrogen-bond donors (Lipinski definition) is 1. The molecule has 0 spiro atoms. The lowest BCUT2D eigenvalue weighted by atomic mass is 9.94. The van der Waals surface area contributed by atoms with Crippen LogP contribution in [0.4, 0.5) is 8.78 Å². The zero-order valence-electron chi connectivity index (χ0n) is 12.7. The number of aryl methyl sites for hydroxylation is 1. The zero-order chi connectivity index (χ0) is 15.1. The second-order valence-corrected chi connectivity index (χ2v) is 5.96. The summed E-state index contributed by atoms with van der Waals surface area (Å²) in [4.78, 5) is 0. The molecule has 2 nitrogen and oxygen atoms in total. The zero-order valence-corrected chi connectivity index (χ0v) is 12.7. The van der Waals surface area contributed by atoms with Crippen LogP contribution in [-0.2, 0) is 6.42 Å². The summed E-state index contributed by atoms with van der Waals surface area (Å²) in [5.74, 6) is 0.224. The first-order valence-corrected chi connectivity index (χ1v) is 7.93. The van der Waals surface area contributed by atoms with Crippen molar-refractivity contribution in [3.05, 3.63) is 29.8 Å². The Balaban J connectivity index is 1.71. The third kappa shape index (κ3) is 6.00. The molecule has 0 aromatic heterocycles. The van der Waals surface area contributed by atoms with Gasteiger partial charge in [-0.2, -0.15) is 8.78 Å². The lowest BCUT2D eigenvalue weighted by Crippen LogP contribution is -2.38. The fraction of sp³-hybridized carbons (Fsp3) is 0.647. The number of halogens is 2. The Hall–Kier alpha value is -1.16. The molecule has 1 fully saturated rings. The number of nitrogens with one attached hydrogen (secondary N) is 1. The number of hydrogen-bond acceptors (Lipinski definition) is 2. The summed E-state index contributed by atoms with van der Waals surface area (Å²) in [6, 6.07) is 8.12. The summed E-state index contributed by atoms with van der Waals surface area (Å²) in [6.07, 6.45) is 8.67. The standard InChI is InChI=1S/C17H25F2NO/c1-13(20-15-5-3-2-4-6-15)7-8-14-9-11-16(12-10-14)21-17(18)19/h9-13,15,17,20H,2-8H2,1H3. The van der Waals surface area contributed by atoms with Gasteiger partial charge in [-0.05, 0) is 50.3 Å². The van der Waals surface area contributed by atoms with Gasteiger partial charge in [0.2, 0.25) is 0 Å². The van der Waals surface area contributed by atoms with Crippen molar-refractivity contribution in [1.82, 2.24) is 5.32 Å². The van der Waals surface area contributed by atoms with Gasteiger partial charge < -0.3 is 10.1 Å². The molecular formula is C17H25F2NO. The van der Waals surface area contributed by atoms with Gasteiger partial charge in [0.15, 0.2) is 0 Å². The summed E-state index contributed by atoms with van der Waals surface area (Å²) in [5.41, 5.74) is 1.16. The predicted octanol–water partition coefficient (Wildman–Crippen LogP) is 4.53. The Bertz CT molecular complexity index is 402. The highest BCUT2D eigenvalue weighted by Gasteiger charge is 2.15. The Kier molecular flexibility index (Phi) is 6.43. The molecule has 0 aliphatic heterocycles. The molecule has 0 heterocycles. The van der Waals surface area contributed by atoms with Gasteiger partial charge in [-0.25, -0.2) is 0 Å². The highest BCUT2D eigenvalue weighted by molar-refractivity contribution is 5.27. The molecule has 4 heteroatoms. The summed E-state index contributed by atoms with van der Waals surface area (Å²) >= 11 is 0. The average Bonchev–Trinajstić information content (AvgIpc) is 2.47. The molecule has 21 heavy (non-hydrogen) atoms. The van der Waals surface area contributed by atoms with Crippen LogP contribution in [0.1, 0.15) is 51.0 Å². The van der Waals surface area contributed by atoms with Crippen molar-refractivity contribution in [1.29, 1.82) is 0 Å². The Morgan fingerprint density at radius 2 is 1.81 bits per heavy atom. The van der Waals surface area contributed by atoms with E-state index in [1.165, 1.54) is 32.1 Å². The number of benzene rings is 1. The van der Waals surface area contributed by atoms with Crippen LogP contribution in [0, 0.1) is 0 Å². The van der Waals surface area contributed by atoms with Crippen LogP contribution in [0.5, 0.6) is 5.75 Å². The lowest BCUT2D eigenvalue weighted by molar-refractivity contribution is -0.0498. The van der Waals surface area contributed by atoms with E-state index in [1.54, 1.807) is 12.1 Å². The monoisotopic (exact) mass is 297 g/mol. The van der Waals surface area contributed by atoms with Gasteiger partial charge >= 0.3 is 6.61 Å². The highest BCUT2D eigenvalue weighted by Crippen LogP contribution is 2.19. The maximum Gasteiger partial charge on any atom is 0.387 e. The van der Waals surface area contributed by atoms with E-state index in [0.717, 1.165) is 18.4 Å². The van der Waals surface area contributed by atoms with Crippen LogP contribution in [-0.4, -0.2) is 18.7 Å². The second kappa shape index (κ2) is 8.32. The van der Waals surface area contributed by atoms with E-state index in [1.807, 2.05) is 12.1 Å². The van der Waals surface area contributed by atoms with E-state index in [-0.39, 0.29) is 5.75 Å². The summed E-state index contributed by atoms with van der Waals surface area (Å²) in [7, 11) is 0. The second-order valence-electron chi connectivity index (χ2n) is 5.96. The van der Waals surface area contributed by atoms with Crippen LogP contribution >= 0.6 is 0 Å². The van der Waals surface area contributed by atoms with Gasteiger partial charge in [-0.15, -0.1) is 0 Å². The molecule has 2 rings (SSSR count). The lowest BCUT2D eigenvalue weighted by Gasteiger charge is -2.26. The molecule has 1 saturated carbocycles. The molecule has 1 aliphatic rings. The Morgan fingerprint density at radius 3 is 2.43 bits per heavy atom. The summed E-state index contributed by atoms with van der Waals surface area (Å²) in [6.45, 7) is -0.529. The molecule has 1 aromatic rings.